The average Bonchev–Trinajstić information content (AvgIpc) is 3.55. The van der Waals surface area contributed by atoms with Crippen LogP contribution in [0.3, 0.4) is 0 Å². The Bertz CT molecular complexity index is 1420. The van der Waals surface area contributed by atoms with Crippen LogP contribution in [0.1, 0.15) is 35.6 Å². The number of aryl methyl sites for hydroxylation is 1. The highest BCUT2D eigenvalue weighted by molar-refractivity contribution is 7.99. The van der Waals surface area contributed by atoms with Crippen molar-refractivity contribution in [3.63, 3.8) is 0 Å². The molecular weight excluding hydrogens is 532 g/mol. The number of benzene rings is 2. The number of nitrogens with one attached hydrogen (secondary N) is 1. The van der Waals surface area contributed by atoms with Gasteiger partial charge in [0.2, 0.25) is 5.91 Å². The van der Waals surface area contributed by atoms with Crippen molar-refractivity contribution >= 4 is 40.0 Å². The number of carbonyl (C=O) groups excluding carboxylic acids is 2. The molecule has 10 heteroatoms. The Morgan fingerprint density at radius 3 is 2.56 bits per heavy atom. The fraction of sp³-hybridized carbons (Fsp3) is 0.241. The molecule has 2 aromatic carbocycles. The molecule has 0 aliphatic rings. The van der Waals surface area contributed by atoms with Crippen molar-refractivity contribution in [3.8, 4) is 16.9 Å². The fourth-order valence-corrected chi connectivity index (χ4v) is 5.53. The summed E-state index contributed by atoms with van der Waals surface area (Å²) in [6, 6.07) is 17.5. The van der Waals surface area contributed by atoms with E-state index in [1.165, 1.54) is 28.7 Å². The van der Waals surface area contributed by atoms with Crippen LogP contribution in [-0.2, 0) is 29.1 Å². The first-order chi connectivity index (χ1) is 19.0. The van der Waals surface area contributed by atoms with Crippen LogP contribution in [-0.4, -0.2) is 39.0 Å². The van der Waals surface area contributed by atoms with E-state index in [4.69, 9.17) is 9.47 Å². The van der Waals surface area contributed by atoms with Gasteiger partial charge in [0.15, 0.2) is 11.0 Å². The molecule has 2 aromatic heterocycles. The zero-order chi connectivity index (χ0) is 27.6. The number of allylic oxidation sites excluding steroid dienone is 1. The molecule has 39 heavy (non-hydrogen) atoms. The van der Waals surface area contributed by atoms with Crippen LogP contribution in [0.5, 0.6) is 5.75 Å². The van der Waals surface area contributed by atoms with Crippen LogP contribution in [0.25, 0.3) is 11.1 Å². The second-order valence-electron chi connectivity index (χ2n) is 8.36. The molecule has 0 aliphatic heterocycles. The van der Waals surface area contributed by atoms with Crippen LogP contribution in [0, 0.1) is 0 Å². The molecule has 0 atom stereocenters. The van der Waals surface area contributed by atoms with E-state index in [1.807, 2.05) is 64.5 Å². The van der Waals surface area contributed by atoms with Gasteiger partial charge in [0, 0.05) is 17.5 Å². The molecule has 0 unspecified atom stereocenters. The third kappa shape index (κ3) is 7.15. The van der Waals surface area contributed by atoms with Crippen molar-refractivity contribution < 1.29 is 19.1 Å². The lowest BCUT2D eigenvalue weighted by Crippen LogP contribution is -2.17. The molecule has 8 nitrogen and oxygen atoms in total. The van der Waals surface area contributed by atoms with E-state index in [9.17, 15) is 9.59 Å². The smallest absolute Gasteiger partial charge is 0.341 e. The monoisotopic (exact) mass is 562 g/mol. The first kappa shape index (κ1) is 28.1. The topological polar surface area (TPSA) is 95.3 Å². The summed E-state index contributed by atoms with van der Waals surface area (Å²) in [7, 11) is 0. The van der Waals surface area contributed by atoms with Gasteiger partial charge in [-0.25, -0.2) is 4.79 Å². The summed E-state index contributed by atoms with van der Waals surface area (Å²) in [6.45, 7) is 8.63. The number of nitrogens with zero attached hydrogens (tertiary/aromatic N) is 3. The van der Waals surface area contributed by atoms with Gasteiger partial charge < -0.3 is 14.8 Å². The maximum absolute atomic E-state index is 12.9. The highest BCUT2D eigenvalue weighted by Crippen LogP contribution is 2.36. The summed E-state index contributed by atoms with van der Waals surface area (Å²) in [6.07, 6.45) is 2.71. The number of thioether (sulfide) groups is 1. The van der Waals surface area contributed by atoms with Crippen LogP contribution in [0.15, 0.2) is 77.8 Å². The Hall–Kier alpha value is -3.89. The van der Waals surface area contributed by atoms with Crippen LogP contribution in [0.4, 0.5) is 5.00 Å². The standard InChI is InChI=1S/C29H30N4O4S2/c1-4-16-33-24(17-37-22-14-12-20(5-2)13-15-22)31-32-29(33)39-19-25(34)30-27-26(28(35)36-6-3)23(18-38-27)21-10-8-7-9-11-21/h4,7-15,18H,1,5-6,16-17,19H2,2-3H3,(H,30,34). The molecule has 0 spiro atoms. The van der Waals surface area contributed by atoms with Crippen molar-refractivity contribution in [2.75, 3.05) is 17.7 Å². The predicted molar refractivity (Wildman–Crippen MR) is 155 cm³/mol. The van der Waals surface area contributed by atoms with Gasteiger partial charge in [-0.15, -0.1) is 28.1 Å². The SMILES string of the molecule is C=CCn1c(COc2ccc(CC)cc2)nnc1SCC(=O)Nc1scc(-c2ccccc2)c1C(=O)OCC. The molecule has 0 aliphatic carbocycles. The van der Waals surface area contributed by atoms with Crippen LogP contribution >= 0.6 is 23.1 Å². The average molecular weight is 563 g/mol. The van der Waals surface area contributed by atoms with E-state index in [1.54, 1.807) is 13.0 Å². The summed E-state index contributed by atoms with van der Waals surface area (Å²) in [5, 5.41) is 14.3. The van der Waals surface area contributed by atoms with Crippen molar-refractivity contribution in [1.82, 2.24) is 14.8 Å². The minimum Gasteiger partial charge on any atom is -0.486 e. The molecule has 0 radical (unpaired) electrons. The van der Waals surface area contributed by atoms with E-state index in [-0.39, 0.29) is 24.9 Å². The fourth-order valence-electron chi connectivity index (χ4n) is 3.79. The number of hydrogen-bond acceptors (Lipinski definition) is 8. The summed E-state index contributed by atoms with van der Waals surface area (Å²) < 4.78 is 13.1. The molecule has 0 fully saturated rings. The quantitative estimate of drug-likeness (QED) is 0.117. The number of hydrogen-bond donors (Lipinski definition) is 1. The lowest BCUT2D eigenvalue weighted by atomic mass is 10.0. The zero-order valence-corrected chi connectivity index (χ0v) is 23.5. The molecule has 1 N–H and O–H groups in total. The van der Waals surface area contributed by atoms with E-state index >= 15 is 0 Å². The van der Waals surface area contributed by atoms with Crippen molar-refractivity contribution in [2.24, 2.45) is 0 Å². The molecule has 4 rings (SSSR count). The molecule has 4 aromatic rings. The van der Waals surface area contributed by atoms with Gasteiger partial charge in [-0.05, 0) is 36.6 Å². The minimum absolute atomic E-state index is 0.0788. The molecule has 202 valence electrons. The summed E-state index contributed by atoms with van der Waals surface area (Å²) >= 11 is 2.54. The van der Waals surface area contributed by atoms with Crippen LogP contribution < -0.4 is 10.1 Å². The lowest BCUT2D eigenvalue weighted by molar-refractivity contribution is -0.113. The molecule has 0 saturated carbocycles. The molecule has 0 saturated heterocycles. The van der Waals surface area contributed by atoms with E-state index in [2.05, 4.69) is 29.0 Å². The van der Waals surface area contributed by atoms with Gasteiger partial charge in [0.25, 0.3) is 0 Å². The third-order valence-electron chi connectivity index (χ3n) is 5.75. The number of rotatable bonds is 13. The second-order valence-corrected chi connectivity index (χ2v) is 10.2. The summed E-state index contributed by atoms with van der Waals surface area (Å²) in [4.78, 5) is 25.7. The predicted octanol–water partition coefficient (Wildman–Crippen LogP) is 6.24. The first-order valence-electron chi connectivity index (χ1n) is 12.5. The zero-order valence-electron chi connectivity index (χ0n) is 21.9. The number of carbonyl (C=O) groups is 2. The Morgan fingerprint density at radius 2 is 1.87 bits per heavy atom. The largest absolute Gasteiger partial charge is 0.486 e. The second kappa shape index (κ2) is 13.8. The Labute approximate surface area is 236 Å². The number of thiophene rings is 1. The van der Waals surface area contributed by atoms with Crippen LogP contribution in [0.2, 0.25) is 0 Å². The maximum Gasteiger partial charge on any atom is 0.341 e. The van der Waals surface area contributed by atoms with Gasteiger partial charge in [0.1, 0.15) is 22.9 Å². The van der Waals surface area contributed by atoms with E-state index in [0.717, 1.165) is 23.3 Å². The van der Waals surface area contributed by atoms with Crippen molar-refractivity contribution in [1.29, 1.82) is 0 Å². The van der Waals surface area contributed by atoms with E-state index < -0.39 is 5.97 Å². The van der Waals surface area contributed by atoms with Crippen molar-refractivity contribution in [3.05, 3.63) is 89.6 Å². The number of aromatic nitrogens is 3. The summed E-state index contributed by atoms with van der Waals surface area (Å²) in [5.74, 6) is 0.717. The lowest BCUT2D eigenvalue weighted by Gasteiger charge is -2.10. The highest BCUT2D eigenvalue weighted by Gasteiger charge is 2.23. The number of amides is 1. The first-order valence-corrected chi connectivity index (χ1v) is 14.4. The summed E-state index contributed by atoms with van der Waals surface area (Å²) in [5.41, 5.74) is 3.19. The number of esters is 1. The molecule has 0 bridgehead atoms. The molecular formula is C29H30N4O4S2. The minimum atomic E-state index is -0.472. The van der Waals surface area contributed by atoms with E-state index in [0.29, 0.717) is 28.1 Å². The van der Waals surface area contributed by atoms with Gasteiger partial charge in [-0.3, -0.25) is 9.36 Å². The van der Waals surface area contributed by atoms with Gasteiger partial charge in [-0.2, -0.15) is 0 Å². The normalized spacial score (nSPS) is 10.7. The Kier molecular flexibility index (Phi) is 9.93. The van der Waals surface area contributed by atoms with Gasteiger partial charge in [-0.1, -0.05) is 67.2 Å². The third-order valence-corrected chi connectivity index (χ3v) is 7.61. The number of anilines is 1. The van der Waals surface area contributed by atoms with Gasteiger partial charge in [0.05, 0.1) is 12.4 Å². The maximum atomic E-state index is 12.9. The molecule has 1 amide bonds. The van der Waals surface area contributed by atoms with Crippen molar-refractivity contribution in [2.45, 2.75) is 38.6 Å². The van der Waals surface area contributed by atoms with Gasteiger partial charge >= 0.3 is 5.97 Å². The number of ether oxygens (including phenoxy) is 2. The molecule has 2 heterocycles. The highest BCUT2D eigenvalue weighted by atomic mass is 32.2. The Morgan fingerprint density at radius 1 is 1.10 bits per heavy atom. The Balaban J connectivity index is 1.43.